The highest BCUT2D eigenvalue weighted by atomic mass is 32.1. The Hall–Kier alpha value is -1.66. The van der Waals surface area contributed by atoms with Crippen molar-refractivity contribution in [3.05, 3.63) is 29.3 Å². The number of hydrogen-bond acceptors (Lipinski definition) is 4. The smallest absolute Gasteiger partial charge is 0.317 e. The second-order valence-electron chi connectivity index (χ2n) is 5.94. The maximum atomic E-state index is 12.0. The minimum absolute atomic E-state index is 0.0506. The number of para-hydroxylation sites is 1. The Morgan fingerprint density at radius 1 is 1.27 bits per heavy atom. The van der Waals surface area contributed by atoms with Gasteiger partial charge in [0, 0.05) is 32.2 Å². The third kappa shape index (κ3) is 3.56. The van der Waals surface area contributed by atoms with E-state index < -0.39 is 0 Å². The van der Waals surface area contributed by atoms with Gasteiger partial charge in [-0.05, 0) is 26.0 Å². The van der Waals surface area contributed by atoms with Crippen molar-refractivity contribution in [1.29, 1.82) is 0 Å². The summed E-state index contributed by atoms with van der Waals surface area (Å²) in [5.41, 5.74) is 1.08. The molecule has 1 aliphatic heterocycles. The van der Waals surface area contributed by atoms with Gasteiger partial charge in [0.1, 0.15) is 5.01 Å². The molecule has 22 heavy (non-hydrogen) atoms. The number of hydrogen-bond donors (Lipinski definition) is 1. The lowest BCUT2D eigenvalue weighted by atomic mass is 10.3. The minimum Gasteiger partial charge on any atom is -0.336 e. The molecule has 1 N–H and O–H groups in total. The topological polar surface area (TPSA) is 48.5 Å². The van der Waals surface area contributed by atoms with Gasteiger partial charge in [0.15, 0.2) is 0 Å². The molecule has 0 saturated carbocycles. The number of urea groups is 1. The molecule has 1 fully saturated rings. The van der Waals surface area contributed by atoms with E-state index in [0.717, 1.165) is 43.2 Å². The predicted octanol–water partition coefficient (Wildman–Crippen LogP) is 2.53. The highest BCUT2D eigenvalue weighted by Gasteiger charge is 2.22. The first-order chi connectivity index (χ1) is 10.6. The fraction of sp³-hybridized carbons (Fsp3) is 0.500. The van der Waals surface area contributed by atoms with Crippen LogP contribution in [0.4, 0.5) is 4.79 Å². The van der Waals surface area contributed by atoms with Crippen LogP contribution in [0.2, 0.25) is 0 Å². The first kappa shape index (κ1) is 15.2. The molecule has 1 aliphatic rings. The number of carbonyl (C=O) groups excluding carboxylic acids is 1. The normalized spacial score (nSPS) is 16.4. The van der Waals surface area contributed by atoms with Crippen LogP contribution in [0.15, 0.2) is 24.3 Å². The number of nitrogens with one attached hydrogen (secondary N) is 1. The summed E-state index contributed by atoms with van der Waals surface area (Å²) < 4.78 is 1.24. The summed E-state index contributed by atoms with van der Waals surface area (Å²) in [6, 6.07) is 8.49. The summed E-state index contributed by atoms with van der Waals surface area (Å²) in [5.74, 6) is 0. The first-order valence-corrected chi connectivity index (χ1v) is 8.56. The van der Waals surface area contributed by atoms with Crippen molar-refractivity contribution in [2.24, 2.45) is 0 Å². The largest absolute Gasteiger partial charge is 0.336 e. The Balaban J connectivity index is 1.54. The van der Waals surface area contributed by atoms with Crippen LogP contribution in [0.1, 0.15) is 18.9 Å². The molecule has 0 spiro atoms. The second-order valence-corrected chi connectivity index (χ2v) is 7.06. The lowest BCUT2D eigenvalue weighted by Crippen LogP contribution is -2.52. The van der Waals surface area contributed by atoms with Crippen molar-refractivity contribution in [2.75, 3.05) is 26.2 Å². The molecule has 0 radical (unpaired) electrons. The first-order valence-electron chi connectivity index (χ1n) is 7.74. The van der Waals surface area contributed by atoms with Crippen molar-refractivity contribution in [3.8, 4) is 0 Å². The number of amides is 2. The number of benzene rings is 1. The molecule has 2 aromatic rings. The standard InChI is InChI=1S/C16H22N4OS/c1-12(2)17-16(21)20-9-7-19(8-10-20)11-15-18-13-5-3-4-6-14(13)22-15/h3-6,12H,7-11H2,1-2H3,(H,17,21). The number of carbonyl (C=O) groups is 1. The lowest BCUT2D eigenvalue weighted by Gasteiger charge is -2.34. The molecule has 0 bridgehead atoms. The Labute approximate surface area is 134 Å². The summed E-state index contributed by atoms with van der Waals surface area (Å²) in [5, 5.41) is 4.11. The Kier molecular flexibility index (Phi) is 4.59. The predicted molar refractivity (Wildman–Crippen MR) is 90.1 cm³/mol. The zero-order chi connectivity index (χ0) is 15.5. The van der Waals surface area contributed by atoms with E-state index in [4.69, 9.17) is 0 Å². The van der Waals surface area contributed by atoms with Crippen molar-refractivity contribution < 1.29 is 4.79 Å². The van der Waals surface area contributed by atoms with E-state index in [1.165, 1.54) is 4.70 Å². The van der Waals surface area contributed by atoms with Crippen molar-refractivity contribution >= 4 is 27.6 Å². The third-order valence-corrected chi connectivity index (χ3v) is 4.79. The summed E-state index contributed by atoms with van der Waals surface area (Å²) in [6.45, 7) is 8.22. The van der Waals surface area contributed by atoms with E-state index in [0.29, 0.717) is 0 Å². The van der Waals surface area contributed by atoms with Gasteiger partial charge >= 0.3 is 6.03 Å². The molecule has 1 aromatic heterocycles. The van der Waals surface area contributed by atoms with Gasteiger partial charge < -0.3 is 10.2 Å². The van der Waals surface area contributed by atoms with E-state index in [9.17, 15) is 4.79 Å². The fourth-order valence-corrected chi connectivity index (χ4v) is 3.64. The number of rotatable bonds is 3. The maximum absolute atomic E-state index is 12.0. The van der Waals surface area contributed by atoms with E-state index >= 15 is 0 Å². The average Bonchev–Trinajstić information content (AvgIpc) is 2.89. The number of piperazine rings is 1. The molecule has 2 amide bonds. The average molecular weight is 318 g/mol. The highest BCUT2D eigenvalue weighted by Crippen LogP contribution is 2.22. The van der Waals surface area contributed by atoms with Crippen LogP contribution in [0.25, 0.3) is 10.2 Å². The monoisotopic (exact) mass is 318 g/mol. The van der Waals surface area contributed by atoms with Gasteiger partial charge in [0.05, 0.1) is 16.8 Å². The van der Waals surface area contributed by atoms with Gasteiger partial charge in [0.25, 0.3) is 0 Å². The number of nitrogens with zero attached hydrogens (tertiary/aromatic N) is 3. The molecule has 118 valence electrons. The molecule has 3 rings (SSSR count). The number of aromatic nitrogens is 1. The third-order valence-electron chi connectivity index (χ3n) is 3.77. The van der Waals surface area contributed by atoms with Crippen LogP contribution < -0.4 is 5.32 Å². The Morgan fingerprint density at radius 2 is 2.00 bits per heavy atom. The molecular formula is C16H22N4OS. The summed E-state index contributed by atoms with van der Waals surface area (Å²) in [6.07, 6.45) is 0. The van der Waals surface area contributed by atoms with Gasteiger partial charge in [-0.25, -0.2) is 9.78 Å². The fourth-order valence-electron chi connectivity index (χ4n) is 2.63. The Bertz CT molecular complexity index is 613. The molecule has 0 atom stereocenters. The van der Waals surface area contributed by atoms with Crippen LogP contribution in [0.3, 0.4) is 0 Å². The summed E-state index contributed by atoms with van der Waals surface area (Å²) >= 11 is 1.76. The zero-order valence-electron chi connectivity index (χ0n) is 13.1. The summed E-state index contributed by atoms with van der Waals surface area (Å²) in [4.78, 5) is 20.9. The number of thiazole rings is 1. The van der Waals surface area contributed by atoms with E-state index in [-0.39, 0.29) is 12.1 Å². The van der Waals surface area contributed by atoms with E-state index in [1.807, 2.05) is 24.8 Å². The van der Waals surface area contributed by atoms with E-state index in [2.05, 4.69) is 33.4 Å². The highest BCUT2D eigenvalue weighted by molar-refractivity contribution is 7.18. The lowest BCUT2D eigenvalue weighted by molar-refractivity contribution is 0.134. The van der Waals surface area contributed by atoms with Crippen molar-refractivity contribution in [3.63, 3.8) is 0 Å². The zero-order valence-corrected chi connectivity index (χ0v) is 13.9. The minimum atomic E-state index is 0.0506. The SMILES string of the molecule is CC(C)NC(=O)N1CCN(Cc2nc3ccccc3s2)CC1. The molecule has 1 saturated heterocycles. The second kappa shape index (κ2) is 6.62. The van der Waals surface area contributed by atoms with Crippen LogP contribution in [0.5, 0.6) is 0 Å². The van der Waals surface area contributed by atoms with Crippen molar-refractivity contribution in [1.82, 2.24) is 20.1 Å². The van der Waals surface area contributed by atoms with Crippen LogP contribution in [-0.2, 0) is 6.54 Å². The quantitative estimate of drug-likeness (QED) is 0.946. The van der Waals surface area contributed by atoms with Gasteiger partial charge in [-0.1, -0.05) is 12.1 Å². The van der Waals surface area contributed by atoms with Crippen LogP contribution in [-0.4, -0.2) is 53.0 Å². The van der Waals surface area contributed by atoms with Gasteiger partial charge in [0.2, 0.25) is 0 Å². The Morgan fingerprint density at radius 3 is 2.68 bits per heavy atom. The molecular weight excluding hydrogens is 296 g/mol. The molecule has 1 aromatic carbocycles. The molecule has 2 heterocycles. The van der Waals surface area contributed by atoms with Gasteiger partial charge in [-0.3, -0.25) is 4.90 Å². The van der Waals surface area contributed by atoms with Crippen LogP contribution >= 0.6 is 11.3 Å². The molecule has 0 unspecified atom stereocenters. The van der Waals surface area contributed by atoms with Crippen molar-refractivity contribution in [2.45, 2.75) is 26.4 Å². The maximum Gasteiger partial charge on any atom is 0.317 e. The van der Waals surface area contributed by atoms with Gasteiger partial charge in [-0.15, -0.1) is 11.3 Å². The van der Waals surface area contributed by atoms with Gasteiger partial charge in [-0.2, -0.15) is 0 Å². The summed E-state index contributed by atoms with van der Waals surface area (Å²) in [7, 11) is 0. The van der Waals surface area contributed by atoms with E-state index in [1.54, 1.807) is 11.3 Å². The molecule has 6 heteroatoms. The molecule has 5 nitrogen and oxygen atoms in total. The molecule has 0 aliphatic carbocycles. The number of fused-ring (bicyclic) bond motifs is 1. The van der Waals surface area contributed by atoms with Crippen LogP contribution in [0, 0.1) is 0 Å².